The van der Waals surface area contributed by atoms with Crippen LogP contribution in [-0.2, 0) is 9.59 Å². The van der Waals surface area contributed by atoms with E-state index in [9.17, 15) is 14.7 Å². The number of nitrogens with zero attached hydrogens (tertiary/aromatic N) is 2. The number of aliphatic hydroxyl groups excluding tert-OH is 1. The van der Waals surface area contributed by atoms with Gasteiger partial charge in [-0.3, -0.25) is 9.59 Å². The predicted octanol–water partition coefficient (Wildman–Crippen LogP) is 3.63. The summed E-state index contributed by atoms with van der Waals surface area (Å²) >= 11 is 0. The summed E-state index contributed by atoms with van der Waals surface area (Å²) in [4.78, 5) is 30.1. The van der Waals surface area contributed by atoms with Gasteiger partial charge >= 0.3 is 0 Å². The molecule has 2 heterocycles. The molecule has 2 aliphatic heterocycles. The minimum atomic E-state index is -0.788. The number of likely N-dealkylation sites (tertiary alicyclic amines) is 1. The molecule has 1 atom stereocenters. The maximum absolute atomic E-state index is 13.3. The lowest BCUT2D eigenvalue weighted by Gasteiger charge is -2.26. The molecule has 1 amide bonds. The molecule has 0 spiro atoms. The molecule has 1 N–H and O–H groups in total. The van der Waals surface area contributed by atoms with Crippen LogP contribution in [0.25, 0.3) is 5.76 Å². The van der Waals surface area contributed by atoms with E-state index in [1.165, 1.54) is 4.90 Å². The summed E-state index contributed by atoms with van der Waals surface area (Å²) in [7, 11) is 5.45. The van der Waals surface area contributed by atoms with Gasteiger partial charge in [0.1, 0.15) is 19.0 Å². The zero-order valence-electron chi connectivity index (χ0n) is 21.8. The lowest BCUT2D eigenvalue weighted by molar-refractivity contribution is -0.139. The van der Waals surface area contributed by atoms with Crippen LogP contribution in [0, 0.1) is 0 Å². The highest BCUT2D eigenvalue weighted by atomic mass is 16.6. The quantitative estimate of drug-likeness (QED) is 0.294. The molecule has 0 aromatic heterocycles. The Hall–Kier alpha value is -3.72. The lowest BCUT2D eigenvalue weighted by Crippen LogP contribution is -2.32. The second-order valence-electron chi connectivity index (χ2n) is 9.27. The van der Waals surface area contributed by atoms with Crippen molar-refractivity contribution in [2.45, 2.75) is 25.8 Å². The first-order chi connectivity index (χ1) is 17.8. The average molecular weight is 511 g/mol. The molecule has 37 heavy (non-hydrogen) atoms. The molecule has 2 aliphatic rings. The predicted molar refractivity (Wildman–Crippen MR) is 138 cm³/mol. The number of benzene rings is 2. The van der Waals surface area contributed by atoms with E-state index in [0.717, 1.165) is 13.0 Å². The summed E-state index contributed by atoms with van der Waals surface area (Å²) in [5, 5.41) is 11.4. The van der Waals surface area contributed by atoms with Gasteiger partial charge in [0.15, 0.2) is 23.0 Å². The molecule has 4 rings (SSSR count). The third-order valence-corrected chi connectivity index (χ3v) is 6.33. The Balaban J connectivity index is 1.80. The van der Waals surface area contributed by atoms with Crippen molar-refractivity contribution in [1.29, 1.82) is 0 Å². The van der Waals surface area contributed by atoms with E-state index in [1.54, 1.807) is 43.5 Å². The van der Waals surface area contributed by atoms with Crippen LogP contribution in [0.4, 0.5) is 0 Å². The Morgan fingerprint density at radius 3 is 2.54 bits per heavy atom. The summed E-state index contributed by atoms with van der Waals surface area (Å²) in [5.74, 6) is 0.469. The number of methoxy groups -OCH3 is 1. The maximum Gasteiger partial charge on any atom is 0.295 e. The van der Waals surface area contributed by atoms with Crippen LogP contribution in [0.1, 0.15) is 36.9 Å². The van der Waals surface area contributed by atoms with E-state index in [1.807, 2.05) is 25.9 Å². The Labute approximate surface area is 217 Å². The fourth-order valence-electron chi connectivity index (χ4n) is 4.55. The molecule has 9 heteroatoms. The van der Waals surface area contributed by atoms with Gasteiger partial charge in [-0.1, -0.05) is 13.0 Å². The van der Waals surface area contributed by atoms with Crippen LogP contribution in [0.15, 0.2) is 42.0 Å². The monoisotopic (exact) mass is 510 g/mol. The number of fused-ring (bicyclic) bond motifs is 1. The minimum Gasteiger partial charge on any atom is -0.507 e. The molecule has 2 aromatic carbocycles. The number of aliphatic hydroxyl groups is 1. The standard InChI is InChI=1S/C28H34N2O7/c1-5-13-35-20-9-7-18(16-22(20)34-4)25-24(27(32)28(33)30(25)12-6-11-29(2)3)26(31)19-8-10-21-23(17-19)37-15-14-36-21/h7-10,16-17,25,31H,5-6,11-15H2,1-4H3/t25-/m0/s1. The molecule has 0 unspecified atom stereocenters. The van der Waals surface area contributed by atoms with Gasteiger partial charge in [0.05, 0.1) is 25.3 Å². The highest BCUT2D eigenvalue weighted by Crippen LogP contribution is 2.43. The molecule has 198 valence electrons. The number of Topliss-reactive ketones (excluding diaryl/α,β-unsaturated/α-hetero) is 1. The summed E-state index contributed by atoms with van der Waals surface area (Å²) in [6.07, 6.45) is 1.50. The summed E-state index contributed by atoms with van der Waals surface area (Å²) in [5.41, 5.74) is 1.04. The largest absolute Gasteiger partial charge is 0.507 e. The van der Waals surface area contributed by atoms with Gasteiger partial charge in [-0.05, 0) is 69.4 Å². The van der Waals surface area contributed by atoms with Crippen molar-refractivity contribution in [3.05, 3.63) is 53.1 Å². The molecule has 0 bridgehead atoms. The van der Waals surface area contributed by atoms with Crippen LogP contribution in [0.5, 0.6) is 23.0 Å². The normalized spacial score (nSPS) is 18.4. The second kappa shape index (κ2) is 11.6. The molecule has 9 nitrogen and oxygen atoms in total. The van der Waals surface area contributed by atoms with Gasteiger partial charge < -0.3 is 33.9 Å². The van der Waals surface area contributed by atoms with Crippen molar-refractivity contribution < 1.29 is 33.6 Å². The van der Waals surface area contributed by atoms with Crippen LogP contribution >= 0.6 is 0 Å². The van der Waals surface area contributed by atoms with E-state index in [4.69, 9.17) is 18.9 Å². The van der Waals surface area contributed by atoms with Crippen molar-refractivity contribution in [2.24, 2.45) is 0 Å². The fraction of sp³-hybridized carbons (Fsp3) is 0.429. The van der Waals surface area contributed by atoms with Crippen LogP contribution in [0.3, 0.4) is 0 Å². The smallest absolute Gasteiger partial charge is 0.295 e. The number of ether oxygens (including phenoxy) is 4. The van der Waals surface area contributed by atoms with Crippen molar-refractivity contribution in [3.8, 4) is 23.0 Å². The fourth-order valence-corrected chi connectivity index (χ4v) is 4.55. The van der Waals surface area contributed by atoms with Crippen molar-refractivity contribution in [2.75, 3.05) is 54.1 Å². The Morgan fingerprint density at radius 2 is 1.84 bits per heavy atom. The van der Waals surface area contributed by atoms with E-state index in [2.05, 4.69) is 0 Å². The molecule has 0 saturated carbocycles. The third-order valence-electron chi connectivity index (χ3n) is 6.33. The highest BCUT2D eigenvalue weighted by Gasteiger charge is 2.46. The highest BCUT2D eigenvalue weighted by molar-refractivity contribution is 6.46. The Bertz CT molecular complexity index is 1190. The topological polar surface area (TPSA) is 97.8 Å². The first-order valence-electron chi connectivity index (χ1n) is 12.5. The van der Waals surface area contributed by atoms with E-state index in [0.29, 0.717) is 66.9 Å². The van der Waals surface area contributed by atoms with Gasteiger partial charge in [0, 0.05) is 12.1 Å². The van der Waals surface area contributed by atoms with E-state index in [-0.39, 0.29) is 11.3 Å². The molecular formula is C28H34N2O7. The van der Waals surface area contributed by atoms with E-state index >= 15 is 0 Å². The van der Waals surface area contributed by atoms with Gasteiger partial charge in [0.2, 0.25) is 0 Å². The molecule has 0 radical (unpaired) electrons. The van der Waals surface area contributed by atoms with Crippen molar-refractivity contribution in [3.63, 3.8) is 0 Å². The summed E-state index contributed by atoms with van der Waals surface area (Å²) in [6.45, 7) is 4.46. The Kier molecular flexibility index (Phi) is 8.23. The Morgan fingerprint density at radius 1 is 1.08 bits per heavy atom. The number of rotatable bonds is 10. The number of carbonyl (C=O) groups is 2. The number of hydrogen-bond acceptors (Lipinski definition) is 8. The van der Waals surface area contributed by atoms with Crippen molar-refractivity contribution >= 4 is 17.4 Å². The zero-order valence-corrected chi connectivity index (χ0v) is 21.8. The molecule has 1 fully saturated rings. The van der Waals surface area contributed by atoms with Gasteiger partial charge in [-0.2, -0.15) is 0 Å². The molecule has 2 aromatic rings. The van der Waals surface area contributed by atoms with Gasteiger partial charge in [0.25, 0.3) is 11.7 Å². The molecule has 0 aliphatic carbocycles. The van der Waals surface area contributed by atoms with Gasteiger partial charge in [-0.25, -0.2) is 0 Å². The van der Waals surface area contributed by atoms with Crippen molar-refractivity contribution in [1.82, 2.24) is 9.80 Å². The van der Waals surface area contributed by atoms with Crippen LogP contribution in [0.2, 0.25) is 0 Å². The third kappa shape index (κ3) is 5.51. The SMILES string of the molecule is CCCOc1ccc([C@H]2C(=C(O)c3ccc4c(c3)OCCO4)C(=O)C(=O)N2CCCN(C)C)cc1OC. The van der Waals surface area contributed by atoms with Crippen LogP contribution in [-0.4, -0.2) is 80.7 Å². The number of carbonyl (C=O) groups excluding carboxylic acids is 2. The molecule has 1 saturated heterocycles. The second-order valence-corrected chi connectivity index (χ2v) is 9.27. The first-order valence-corrected chi connectivity index (χ1v) is 12.5. The number of hydrogen-bond donors (Lipinski definition) is 1. The van der Waals surface area contributed by atoms with Crippen LogP contribution < -0.4 is 18.9 Å². The zero-order chi connectivity index (χ0) is 26.5. The maximum atomic E-state index is 13.3. The van der Waals surface area contributed by atoms with Gasteiger partial charge in [-0.15, -0.1) is 0 Å². The summed E-state index contributed by atoms with van der Waals surface area (Å²) in [6, 6.07) is 9.52. The number of amides is 1. The number of ketones is 1. The summed E-state index contributed by atoms with van der Waals surface area (Å²) < 4.78 is 22.6. The van der Waals surface area contributed by atoms with E-state index < -0.39 is 17.7 Å². The molecular weight excluding hydrogens is 476 g/mol. The first kappa shape index (κ1) is 26.3. The average Bonchev–Trinajstić information content (AvgIpc) is 3.16. The lowest BCUT2D eigenvalue weighted by atomic mass is 9.94. The minimum absolute atomic E-state index is 0.0239.